The molecule has 3 heterocycles. The molecule has 0 spiro atoms. The molecule has 176 valence electrons. The predicted molar refractivity (Wildman–Crippen MR) is 127 cm³/mol. The van der Waals surface area contributed by atoms with Crippen LogP contribution in [0, 0.1) is 24.0 Å². The minimum atomic E-state index is -1.05. The van der Waals surface area contributed by atoms with Crippen LogP contribution in [0.25, 0.3) is 11.0 Å². The number of ether oxygens (including phenoxy) is 1. The summed E-state index contributed by atoms with van der Waals surface area (Å²) in [5, 5.41) is 11.9. The number of rotatable bonds is 4. The normalized spacial score (nSPS) is 14.9. The third kappa shape index (κ3) is 3.48. The Morgan fingerprint density at radius 2 is 1.97 bits per heavy atom. The predicted octanol–water partition coefficient (Wildman–Crippen LogP) is 4.31. The molecule has 0 aliphatic carbocycles. The van der Waals surface area contributed by atoms with Crippen LogP contribution in [0.5, 0.6) is 0 Å². The minimum Gasteiger partial charge on any atom is -0.465 e. The number of thiazole rings is 1. The lowest BCUT2D eigenvalue weighted by atomic mass is 9.98. The van der Waals surface area contributed by atoms with E-state index in [1.807, 2.05) is 6.92 Å². The molecule has 4 aromatic rings. The summed E-state index contributed by atoms with van der Waals surface area (Å²) in [5.74, 6) is -1.42. The molecular formula is C24H17N3O7S. The van der Waals surface area contributed by atoms with Crippen LogP contribution in [0.4, 0.5) is 10.8 Å². The van der Waals surface area contributed by atoms with Crippen molar-refractivity contribution in [1.82, 2.24) is 4.98 Å². The lowest BCUT2D eigenvalue weighted by Gasteiger charge is -2.22. The molecule has 2 aromatic heterocycles. The molecule has 10 nitrogen and oxygen atoms in total. The van der Waals surface area contributed by atoms with Crippen LogP contribution < -0.4 is 10.3 Å². The molecule has 2 aromatic carbocycles. The number of aromatic nitrogens is 1. The molecule has 1 aliphatic rings. The zero-order valence-electron chi connectivity index (χ0n) is 18.7. The summed E-state index contributed by atoms with van der Waals surface area (Å²) >= 11 is 0.927. The third-order valence-corrected chi connectivity index (χ3v) is 6.92. The van der Waals surface area contributed by atoms with Gasteiger partial charge in [0.15, 0.2) is 10.6 Å². The maximum Gasteiger partial charge on any atom is 0.350 e. The number of carbonyl (C=O) groups is 2. The number of hydrogen-bond donors (Lipinski definition) is 0. The van der Waals surface area contributed by atoms with Crippen molar-refractivity contribution < 1.29 is 23.7 Å². The van der Waals surface area contributed by atoms with Crippen LogP contribution in [0.15, 0.2) is 51.7 Å². The second-order valence-electron chi connectivity index (χ2n) is 8.01. The van der Waals surface area contributed by atoms with Crippen molar-refractivity contribution in [1.29, 1.82) is 0 Å². The molecule has 1 unspecified atom stereocenters. The first-order valence-corrected chi connectivity index (χ1v) is 11.2. The zero-order chi connectivity index (χ0) is 25.0. The fraction of sp³-hybridized carbons (Fsp3) is 0.167. The van der Waals surface area contributed by atoms with E-state index in [1.54, 1.807) is 31.2 Å². The average Bonchev–Trinajstić information content (AvgIpc) is 3.36. The smallest absolute Gasteiger partial charge is 0.350 e. The zero-order valence-corrected chi connectivity index (χ0v) is 19.5. The number of esters is 1. The Hall–Kier alpha value is -4.38. The van der Waals surface area contributed by atoms with E-state index < -0.39 is 28.3 Å². The van der Waals surface area contributed by atoms with E-state index in [9.17, 15) is 24.5 Å². The lowest BCUT2D eigenvalue weighted by molar-refractivity contribution is -0.384. The summed E-state index contributed by atoms with van der Waals surface area (Å²) in [4.78, 5) is 56.2. The van der Waals surface area contributed by atoms with Crippen LogP contribution in [0.2, 0.25) is 0 Å². The molecule has 5 rings (SSSR count). The Morgan fingerprint density at radius 1 is 1.20 bits per heavy atom. The maximum absolute atomic E-state index is 13.7. The quantitative estimate of drug-likeness (QED) is 0.234. The van der Waals surface area contributed by atoms with Gasteiger partial charge in [-0.2, -0.15) is 0 Å². The van der Waals surface area contributed by atoms with Crippen molar-refractivity contribution in [3.63, 3.8) is 0 Å². The summed E-state index contributed by atoms with van der Waals surface area (Å²) in [5.41, 5.74) is 1.19. The Balaban J connectivity index is 1.80. The van der Waals surface area contributed by atoms with Crippen molar-refractivity contribution in [2.24, 2.45) is 0 Å². The standard InChI is InChI=1S/C24H17N3O7S/c1-11-7-8-16-15(9-11)19(28)17-18(13-5-4-6-14(10-13)27(31)32)26(22(29)20(17)34-16)24-25-12(2)21(35-24)23(30)33-3/h4-10,18H,1-3H3. The third-order valence-electron chi connectivity index (χ3n) is 5.78. The van der Waals surface area contributed by atoms with Gasteiger partial charge in [0, 0.05) is 12.1 Å². The number of carbonyl (C=O) groups excluding carboxylic acids is 2. The molecule has 1 amide bonds. The second kappa shape index (κ2) is 8.13. The fourth-order valence-electron chi connectivity index (χ4n) is 4.18. The molecule has 35 heavy (non-hydrogen) atoms. The van der Waals surface area contributed by atoms with Crippen molar-refractivity contribution in [2.75, 3.05) is 12.0 Å². The van der Waals surface area contributed by atoms with Gasteiger partial charge in [0.2, 0.25) is 5.76 Å². The number of nitrogens with zero attached hydrogens (tertiary/aromatic N) is 3. The van der Waals surface area contributed by atoms with Crippen LogP contribution in [-0.4, -0.2) is 28.9 Å². The van der Waals surface area contributed by atoms with Gasteiger partial charge in [-0.3, -0.25) is 24.6 Å². The number of non-ortho nitro benzene ring substituents is 1. The van der Waals surface area contributed by atoms with E-state index in [2.05, 4.69) is 4.98 Å². The molecular weight excluding hydrogens is 474 g/mol. The van der Waals surface area contributed by atoms with Gasteiger partial charge in [-0.1, -0.05) is 35.1 Å². The number of aryl methyl sites for hydroxylation is 2. The van der Waals surface area contributed by atoms with Crippen molar-refractivity contribution >= 4 is 45.0 Å². The second-order valence-corrected chi connectivity index (χ2v) is 8.98. The number of amides is 1. The highest BCUT2D eigenvalue weighted by Gasteiger charge is 2.45. The largest absolute Gasteiger partial charge is 0.465 e. The molecule has 0 N–H and O–H groups in total. The summed E-state index contributed by atoms with van der Waals surface area (Å²) in [7, 11) is 1.24. The highest BCUT2D eigenvalue weighted by atomic mass is 32.1. The van der Waals surface area contributed by atoms with Gasteiger partial charge in [0.25, 0.3) is 11.6 Å². The first-order valence-electron chi connectivity index (χ1n) is 10.4. The molecule has 0 radical (unpaired) electrons. The van der Waals surface area contributed by atoms with Gasteiger partial charge in [-0.05, 0) is 31.5 Å². The topological polar surface area (TPSA) is 133 Å². The van der Waals surface area contributed by atoms with E-state index in [1.165, 1.54) is 30.2 Å². The van der Waals surface area contributed by atoms with Crippen LogP contribution >= 0.6 is 11.3 Å². The minimum absolute atomic E-state index is 0.0565. The monoisotopic (exact) mass is 491 g/mol. The Bertz CT molecular complexity index is 1620. The van der Waals surface area contributed by atoms with Crippen molar-refractivity contribution in [2.45, 2.75) is 19.9 Å². The van der Waals surface area contributed by atoms with Gasteiger partial charge in [0.05, 0.1) is 34.7 Å². The molecule has 1 atom stereocenters. The Labute approximate surface area is 201 Å². The molecule has 11 heteroatoms. The van der Waals surface area contributed by atoms with Gasteiger partial charge in [-0.15, -0.1) is 0 Å². The van der Waals surface area contributed by atoms with E-state index in [-0.39, 0.29) is 32.6 Å². The van der Waals surface area contributed by atoms with Crippen LogP contribution in [0.1, 0.15) is 48.7 Å². The van der Waals surface area contributed by atoms with Crippen molar-refractivity contribution in [3.8, 4) is 0 Å². The Morgan fingerprint density at radius 3 is 2.69 bits per heavy atom. The van der Waals surface area contributed by atoms with Gasteiger partial charge >= 0.3 is 5.97 Å². The van der Waals surface area contributed by atoms with E-state index in [0.29, 0.717) is 16.6 Å². The summed E-state index contributed by atoms with van der Waals surface area (Å²) < 4.78 is 10.7. The average molecular weight is 491 g/mol. The number of benzene rings is 2. The molecule has 1 aliphatic heterocycles. The van der Waals surface area contributed by atoms with Gasteiger partial charge in [-0.25, -0.2) is 9.78 Å². The summed E-state index contributed by atoms with van der Waals surface area (Å²) in [6, 6.07) is 9.70. The van der Waals surface area contributed by atoms with E-state index in [0.717, 1.165) is 16.9 Å². The molecule has 0 fully saturated rings. The van der Waals surface area contributed by atoms with Gasteiger partial charge in [0.1, 0.15) is 10.5 Å². The molecule has 0 saturated carbocycles. The summed E-state index contributed by atoms with van der Waals surface area (Å²) in [6.07, 6.45) is 0. The molecule has 0 saturated heterocycles. The highest BCUT2D eigenvalue weighted by molar-refractivity contribution is 7.17. The highest BCUT2D eigenvalue weighted by Crippen LogP contribution is 2.43. The number of methoxy groups -OCH3 is 1. The Kier molecular flexibility index (Phi) is 5.21. The van der Waals surface area contributed by atoms with E-state index in [4.69, 9.17) is 9.15 Å². The lowest BCUT2D eigenvalue weighted by Crippen LogP contribution is -2.29. The fourth-order valence-corrected chi connectivity index (χ4v) is 5.19. The first kappa shape index (κ1) is 22.4. The SMILES string of the molecule is COC(=O)c1sc(N2C(=O)c3oc4ccc(C)cc4c(=O)c3C2c2cccc([N+](=O)[O-])c2)nc1C. The maximum atomic E-state index is 13.7. The number of nitro benzene ring substituents is 1. The first-order chi connectivity index (χ1) is 16.7. The number of nitro groups is 1. The number of hydrogen-bond acceptors (Lipinski definition) is 9. The number of fused-ring (bicyclic) bond motifs is 2. The number of anilines is 1. The van der Waals surface area contributed by atoms with Crippen LogP contribution in [0.3, 0.4) is 0 Å². The molecule has 0 bridgehead atoms. The van der Waals surface area contributed by atoms with E-state index >= 15 is 0 Å². The van der Waals surface area contributed by atoms with Gasteiger partial charge < -0.3 is 9.15 Å². The summed E-state index contributed by atoms with van der Waals surface area (Å²) in [6.45, 7) is 3.43. The van der Waals surface area contributed by atoms with Crippen LogP contribution in [-0.2, 0) is 4.74 Å². The van der Waals surface area contributed by atoms with Crippen molar-refractivity contribution in [3.05, 3.63) is 95.8 Å².